The number of carbonyl (C=O) groups excluding carboxylic acids is 1. The number of anilines is 1. The van der Waals surface area contributed by atoms with E-state index in [1.165, 1.54) is 6.07 Å². The minimum absolute atomic E-state index is 0.0340. The predicted molar refractivity (Wildman–Crippen MR) is 109 cm³/mol. The van der Waals surface area contributed by atoms with Crippen molar-refractivity contribution in [3.05, 3.63) is 42.2 Å². The largest absolute Gasteiger partial charge is 0.522 e. The van der Waals surface area contributed by atoms with Gasteiger partial charge in [-0.3, -0.25) is 9.53 Å². The Morgan fingerprint density at radius 1 is 1.06 bits per heavy atom. The molecule has 2 aliphatic carbocycles. The van der Waals surface area contributed by atoms with Crippen LogP contribution in [0.4, 0.5) is 32.0 Å². The third kappa shape index (κ3) is 6.28. The molecule has 2 aromatic rings. The lowest BCUT2D eigenvalue weighted by atomic mass is 9.80. The molecule has 2 aromatic heterocycles. The third-order valence-electron chi connectivity index (χ3n) is 6.48. The summed E-state index contributed by atoms with van der Waals surface area (Å²) in [5.41, 5.74) is -0.0246. The zero-order valence-electron chi connectivity index (χ0n) is 18.1. The van der Waals surface area contributed by atoms with Gasteiger partial charge in [0.1, 0.15) is 5.69 Å². The Kier molecular flexibility index (Phi) is 6.88. The van der Waals surface area contributed by atoms with Crippen molar-refractivity contribution in [3.63, 3.8) is 0 Å². The highest BCUT2D eigenvalue weighted by Crippen LogP contribution is 2.41. The van der Waals surface area contributed by atoms with Crippen molar-refractivity contribution in [1.82, 2.24) is 14.5 Å². The van der Waals surface area contributed by atoms with E-state index in [9.17, 15) is 31.1 Å². The van der Waals surface area contributed by atoms with Crippen LogP contribution >= 0.6 is 0 Å². The summed E-state index contributed by atoms with van der Waals surface area (Å²) in [6.07, 6.45) is -1.21. The number of ether oxygens (including phenoxy) is 1. The number of pyridine rings is 1. The molecule has 0 radical (unpaired) electrons. The van der Waals surface area contributed by atoms with Crippen LogP contribution in [-0.4, -0.2) is 32.9 Å². The summed E-state index contributed by atoms with van der Waals surface area (Å²) >= 11 is 0. The Hall–Kier alpha value is -2.63. The highest BCUT2D eigenvalue weighted by Gasteiger charge is 2.41. The second-order valence-corrected chi connectivity index (χ2v) is 8.96. The topological polar surface area (TPSA) is 69.0 Å². The third-order valence-corrected chi connectivity index (χ3v) is 6.48. The molecule has 186 valence electrons. The SMILES string of the molecule is O=C(CC1CCC(n2cnc(C3CC(OC(F)(F)F)C3)c2)CC1)Nc1ccc(C(F)(F)F)nc1. The number of hydrogen-bond acceptors (Lipinski definition) is 4. The first-order chi connectivity index (χ1) is 16.0. The number of amides is 1. The monoisotopic (exact) mass is 490 g/mol. The van der Waals surface area contributed by atoms with Crippen LogP contribution in [0.5, 0.6) is 0 Å². The van der Waals surface area contributed by atoms with Crippen molar-refractivity contribution in [2.24, 2.45) is 5.92 Å². The van der Waals surface area contributed by atoms with Crippen molar-refractivity contribution in [2.75, 3.05) is 5.32 Å². The van der Waals surface area contributed by atoms with E-state index >= 15 is 0 Å². The van der Waals surface area contributed by atoms with E-state index in [1.807, 2.05) is 10.8 Å². The van der Waals surface area contributed by atoms with E-state index < -0.39 is 24.3 Å². The van der Waals surface area contributed by atoms with Crippen LogP contribution in [0.3, 0.4) is 0 Å². The molecule has 0 saturated heterocycles. The molecule has 2 fully saturated rings. The molecule has 1 amide bonds. The lowest BCUT2D eigenvalue weighted by Crippen LogP contribution is -2.34. The Balaban J connectivity index is 1.20. The molecule has 0 aromatic carbocycles. The number of nitrogens with one attached hydrogen (secondary N) is 1. The summed E-state index contributed by atoms with van der Waals surface area (Å²) in [6.45, 7) is 0. The number of rotatable bonds is 6. The fourth-order valence-electron chi connectivity index (χ4n) is 4.61. The van der Waals surface area contributed by atoms with E-state index in [2.05, 4.69) is 20.0 Å². The number of aromatic nitrogens is 3. The fourth-order valence-corrected chi connectivity index (χ4v) is 4.61. The first-order valence-corrected chi connectivity index (χ1v) is 11.1. The lowest BCUT2D eigenvalue weighted by Gasteiger charge is -2.34. The van der Waals surface area contributed by atoms with Gasteiger partial charge in [0, 0.05) is 24.6 Å². The Bertz CT molecular complexity index is 975. The number of nitrogens with zero attached hydrogens (tertiary/aromatic N) is 3. The van der Waals surface area contributed by atoms with Crippen LogP contribution < -0.4 is 5.32 Å². The summed E-state index contributed by atoms with van der Waals surface area (Å²) in [6, 6.07) is 2.22. The standard InChI is InChI=1S/C22H24F6N4O2/c23-21(24,25)19-6-3-15(10-29-19)31-20(33)7-13-1-4-16(5-2-13)32-11-18(30-12-32)14-8-17(9-14)34-22(26,27)28/h3,6,10-14,16-17H,1-2,4-5,7-9H2,(H,31,33). The van der Waals surface area contributed by atoms with Gasteiger partial charge in [-0.05, 0) is 56.6 Å². The average Bonchev–Trinajstić information content (AvgIpc) is 3.19. The van der Waals surface area contributed by atoms with E-state index in [-0.39, 0.29) is 35.9 Å². The molecule has 2 heterocycles. The molecule has 0 bridgehead atoms. The van der Waals surface area contributed by atoms with Gasteiger partial charge in [-0.15, -0.1) is 13.2 Å². The zero-order chi connectivity index (χ0) is 24.5. The molecule has 1 N–H and O–H groups in total. The molecule has 0 aliphatic heterocycles. The van der Waals surface area contributed by atoms with Crippen LogP contribution in [0.2, 0.25) is 0 Å². The summed E-state index contributed by atoms with van der Waals surface area (Å²) < 4.78 is 80.6. The lowest BCUT2D eigenvalue weighted by molar-refractivity contribution is -0.351. The van der Waals surface area contributed by atoms with Crippen molar-refractivity contribution < 1.29 is 35.9 Å². The van der Waals surface area contributed by atoms with E-state index in [0.29, 0.717) is 12.8 Å². The maximum Gasteiger partial charge on any atom is 0.522 e. The summed E-state index contributed by atoms with van der Waals surface area (Å²) in [5.74, 6) is -0.141. The van der Waals surface area contributed by atoms with E-state index in [4.69, 9.17) is 0 Å². The van der Waals surface area contributed by atoms with Gasteiger partial charge in [0.25, 0.3) is 0 Å². The predicted octanol–water partition coefficient (Wildman–Crippen LogP) is 5.84. The quantitative estimate of drug-likeness (QED) is 0.517. The number of carbonyl (C=O) groups is 1. The van der Waals surface area contributed by atoms with Crippen molar-refractivity contribution >= 4 is 11.6 Å². The van der Waals surface area contributed by atoms with Crippen LogP contribution in [0.1, 0.15) is 68.3 Å². The molecule has 12 heteroatoms. The molecule has 6 nitrogen and oxygen atoms in total. The Morgan fingerprint density at radius 2 is 1.76 bits per heavy atom. The maximum atomic E-state index is 12.6. The van der Waals surface area contributed by atoms with Crippen LogP contribution in [-0.2, 0) is 15.7 Å². The highest BCUT2D eigenvalue weighted by molar-refractivity contribution is 5.90. The van der Waals surface area contributed by atoms with Gasteiger partial charge in [-0.2, -0.15) is 13.2 Å². The van der Waals surface area contributed by atoms with Gasteiger partial charge >= 0.3 is 12.5 Å². The highest BCUT2D eigenvalue weighted by atomic mass is 19.4. The molecule has 4 rings (SSSR count). The minimum Gasteiger partial charge on any atom is -0.334 e. The smallest absolute Gasteiger partial charge is 0.334 e. The maximum absolute atomic E-state index is 12.6. The summed E-state index contributed by atoms with van der Waals surface area (Å²) in [7, 11) is 0. The van der Waals surface area contributed by atoms with Gasteiger partial charge in [-0.25, -0.2) is 9.97 Å². The molecule has 34 heavy (non-hydrogen) atoms. The van der Waals surface area contributed by atoms with Gasteiger partial charge < -0.3 is 9.88 Å². The van der Waals surface area contributed by atoms with Gasteiger partial charge in [0.2, 0.25) is 5.91 Å². The molecular formula is C22H24F6N4O2. The van der Waals surface area contributed by atoms with Crippen molar-refractivity contribution in [2.45, 2.75) is 75.5 Å². The summed E-state index contributed by atoms with van der Waals surface area (Å²) in [4.78, 5) is 20.0. The minimum atomic E-state index is -4.61. The molecule has 2 aliphatic rings. The van der Waals surface area contributed by atoms with Crippen LogP contribution in [0, 0.1) is 5.92 Å². The molecule has 2 saturated carbocycles. The van der Waals surface area contributed by atoms with Gasteiger partial charge in [-0.1, -0.05) is 0 Å². The fraction of sp³-hybridized carbons (Fsp3) is 0.591. The second kappa shape index (κ2) is 9.55. The summed E-state index contributed by atoms with van der Waals surface area (Å²) in [5, 5.41) is 2.59. The number of alkyl halides is 6. The van der Waals surface area contributed by atoms with Crippen LogP contribution in [0.25, 0.3) is 0 Å². The Labute approximate surface area is 191 Å². The molecule has 0 atom stereocenters. The van der Waals surface area contributed by atoms with Crippen molar-refractivity contribution in [1.29, 1.82) is 0 Å². The number of halogens is 6. The molecule has 0 spiro atoms. The van der Waals surface area contributed by atoms with Crippen LogP contribution in [0.15, 0.2) is 30.9 Å². The Morgan fingerprint density at radius 3 is 2.35 bits per heavy atom. The normalized spacial score (nSPS) is 25.6. The molecular weight excluding hydrogens is 466 g/mol. The van der Waals surface area contributed by atoms with Crippen molar-refractivity contribution in [3.8, 4) is 0 Å². The number of imidazole rings is 1. The van der Waals surface area contributed by atoms with Gasteiger partial charge in [0.15, 0.2) is 0 Å². The second-order valence-electron chi connectivity index (χ2n) is 8.96. The number of hydrogen-bond donors (Lipinski definition) is 1. The van der Waals surface area contributed by atoms with E-state index in [0.717, 1.165) is 43.6 Å². The molecule has 0 unspecified atom stereocenters. The first-order valence-electron chi connectivity index (χ1n) is 11.1. The van der Waals surface area contributed by atoms with E-state index in [1.54, 1.807) is 6.33 Å². The zero-order valence-corrected chi connectivity index (χ0v) is 18.1. The average molecular weight is 490 g/mol. The van der Waals surface area contributed by atoms with Gasteiger partial charge in [0.05, 0.1) is 30.0 Å². The first kappa shape index (κ1) is 24.5.